The minimum absolute atomic E-state index is 0.386. The Labute approximate surface area is 77.0 Å². The zero-order valence-corrected chi connectivity index (χ0v) is 7.38. The lowest BCUT2D eigenvalue weighted by atomic mass is 10.2. The maximum atomic E-state index is 10.4. The normalized spacial score (nSPS) is 13.0. The van der Waals surface area contributed by atoms with E-state index in [9.17, 15) is 4.21 Å². The molecule has 0 saturated heterocycles. The lowest BCUT2D eigenvalue weighted by molar-refractivity contribution is 0.460. The Bertz CT molecular complexity index is 451. The largest absolute Gasteiger partial charge is 0.378 e. The first kappa shape index (κ1) is 8.28. The molecule has 68 valence electrons. The highest BCUT2D eigenvalue weighted by molar-refractivity contribution is 7.74. The van der Waals surface area contributed by atoms with Crippen molar-refractivity contribution in [3.8, 4) is 5.75 Å². The summed E-state index contributed by atoms with van der Waals surface area (Å²) in [5.41, 5.74) is 0.878. The quantitative estimate of drug-likeness (QED) is 0.720. The number of aromatic nitrogens is 1. The van der Waals surface area contributed by atoms with Gasteiger partial charge in [0.25, 0.3) is 0 Å². The van der Waals surface area contributed by atoms with Crippen molar-refractivity contribution in [1.29, 1.82) is 0 Å². The number of aromatic amines is 1. The first-order valence-corrected chi connectivity index (χ1v) is 4.66. The lowest BCUT2D eigenvalue weighted by Gasteiger charge is -1.95. The molecule has 0 radical (unpaired) electrons. The highest BCUT2D eigenvalue weighted by Crippen LogP contribution is 2.24. The average Bonchev–Trinajstić information content (AvgIpc) is 2.48. The summed E-state index contributed by atoms with van der Waals surface area (Å²) < 4.78 is 23.6. The second kappa shape index (κ2) is 3.20. The van der Waals surface area contributed by atoms with E-state index >= 15 is 0 Å². The third kappa shape index (κ3) is 1.56. The molecule has 5 heteroatoms. The average molecular weight is 197 g/mol. The first-order valence-electron chi connectivity index (χ1n) is 3.62. The summed E-state index contributed by atoms with van der Waals surface area (Å²) in [6.45, 7) is 0. The van der Waals surface area contributed by atoms with Crippen LogP contribution in [0.4, 0.5) is 0 Å². The van der Waals surface area contributed by atoms with Gasteiger partial charge in [0.1, 0.15) is 0 Å². The maximum Gasteiger partial charge on any atom is 0.357 e. The molecular weight excluding hydrogens is 190 g/mol. The summed E-state index contributed by atoms with van der Waals surface area (Å²) in [5.74, 6) is 0.386. The standard InChI is InChI=1S/C8H7NO3S/c10-13(11)12-8-5-9-7-4-2-1-3-6(7)8/h1-5,9H,(H,10,11). The Hall–Kier alpha value is -1.33. The molecule has 0 spiro atoms. The number of hydrogen-bond donors (Lipinski definition) is 2. The van der Waals surface area contributed by atoms with E-state index < -0.39 is 11.4 Å². The van der Waals surface area contributed by atoms with Crippen LogP contribution in [-0.2, 0) is 11.4 Å². The molecule has 0 aliphatic carbocycles. The number of nitrogens with one attached hydrogen (secondary N) is 1. The Balaban J connectivity index is 2.51. The summed E-state index contributed by atoms with van der Waals surface area (Å²) >= 11 is -2.27. The van der Waals surface area contributed by atoms with E-state index in [2.05, 4.69) is 9.17 Å². The number of H-pyrrole nitrogens is 1. The van der Waals surface area contributed by atoms with Crippen LogP contribution in [0.3, 0.4) is 0 Å². The van der Waals surface area contributed by atoms with Crippen molar-refractivity contribution in [2.45, 2.75) is 0 Å². The van der Waals surface area contributed by atoms with Crippen molar-refractivity contribution in [3.63, 3.8) is 0 Å². The molecule has 0 bridgehead atoms. The highest BCUT2D eigenvalue weighted by atomic mass is 32.2. The summed E-state index contributed by atoms with van der Waals surface area (Å²) in [7, 11) is 0. The lowest BCUT2D eigenvalue weighted by Crippen LogP contribution is -1.96. The maximum absolute atomic E-state index is 10.4. The van der Waals surface area contributed by atoms with E-state index in [4.69, 9.17) is 4.55 Å². The molecule has 2 rings (SSSR count). The molecule has 1 heterocycles. The van der Waals surface area contributed by atoms with E-state index in [1.165, 1.54) is 0 Å². The zero-order chi connectivity index (χ0) is 9.26. The van der Waals surface area contributed by atoms with Crippen LogP contribution in [0.1, 0.15) is 0 Å². The summed E-state index contributed by atoms with van der Waals surface area (Å²) in [6, 6.07) is 7.39. The van der Waals surface area contributed by atoms with Crippen molar-refractivity contribution >= 4 is 22.3 Å². The fourth-order valence-electron chi connectivity index (χ4n) is 1.19. The number of hydrogen-bond acceptors (Lipinski definition) is 2. The first-order chi connectivity index (χ1) is 6.27. The van der Waals surface area contributed by atoms with Gasteiger partial charge in [0.2, 0.25) is 0 Å². The van der Waals surface area contributed by atoms with Gasteiger partial charge in [-0.15, -0.1) is 0 Å². The SMILES string of the molecule is O=S(O)Oc1c[nH]c2ccccc12. The molecule has 0 fully saturated rings. The fraction of sp³-hybridized carbons (Fsp3) is 0. The molecular formula is C8H7NO3S. The van der Waals surface area contributed by atoms with Crippen molar-refractivity contribution in [3.05, 3.63) is 30.5 Å². The summed E-state index contributed by atoms with van der Waals surface area (Å²) in [4.78, 5) is 2.92. The Morgan fingerprint density at radius 1 is 1.38 bits per heavy atom. The van der Waals surface area contributed by atoms with Gasteiger partial charge in [-0.3, -0.25) is 4.55 Å². The molecule has 0 saturated carbocycles. The van der Waals surface area contributed by atoms with Gasteiger partial charge >= 0.3 is 11.4 Å². The Morgan fingerprint density at radius 3 is 2.92 bits per heavy atom. The highest BCUT2D eigenvalue weighted by Gasteiger charge is 2.05. The van der Waals surface area contributed by atoms with Gasteiger partial charge in [-0.25, -0.2) is 0 Å². The van der Waals surface area contributed by atoms with Crippen LogP contribution < -0.4 is 4.18 Å². The van der Waals surface area contributed by atoms with Crippen molar-refractivity contribution in [1.82, 2.24) is 4.98 Å². The Kier molecular flexibility index (Phi) is 2.03. The zero-order valence-electron chi connectivity index (χ0n) is 6.56. The fourth-order valence-corrected chi connectivity index (χ4v) is 1.48. The number of benzene rings is 1. The monoisotopic (exact) mass is 197 g/mol. The topological polar surface area (TPSA) is 62.3 Å². The molecule has 1 atom stereocenters. The van der Waals surface area contributed by atoms with Gasteiger partial charge in [-0.2, -0.15) is 4.21 Å². The molecule has 0 aliphatic rings. The van der Waals surface area contributed by atoms with Crippen molar-refractivity contribution < 1.29 is 12.9 Å². The van der Waals surface area contributed by atoms with Gasteiger partial charge in [-0.1, -0.05) is 12.1 Å². The minimum Gasteiger partial charge on any atom is -0.378 e. The van der Waals surface area contributed by atoms with Crippen LogP contribution in [0.5, 0.6) is 5.75 Å². The van der Waals surface area contributed by atoms with Gasteiger partial charge in [0, 0.05) is 17.1 Å². The minimum atomic E-state index is -2.27. The number of rotatable bonds is 2. The summed E-state index contributed by atoms with van der Waals surface area (Å²) in [6.07, 6.45) is 1.55. The molecule has 0 amide bonds. The number of fused-ring (bicyclic) bond motifs is 1. The van der Waals surface area contributed by atoms with Crippen LogP contribution >= 0.6 is 0 Å². The molecule has 4 nitrogen and oxygen atoms in total. The Morgan fingerprint density at radius 2 is 2.15 bits per heavy atom. The third-order valence-electron chi connectivity index (χ3n) is 1.71. The van der Waals surface area contributed by atoms with Crippen molar-refractivity contribution in [2.75, 3.05) is 0 Å². The van der Waals surface area contributed by atoms with Crippen LogP contribution in [0.2, 0.25) is 0 Å². The molecule has 2 aromatic rings. The van der Waals surface area contributed by atoms with Gasteiger partial charge in [0.15, 0.2) is 5.75 Å². The van der Waals surface area contributed by atoms with Crippen molar-refractivity contribution in [2.24, 2.45) is 0 Å². The summed E-state index contributed by atoms with van der Waals surface area (Å²) in [5, 5.41) is 0.796. The second-order valence-corrected chi connectivity index (χ2v) is 3.10. The molecule has 1 aromatic carbocycles. The number of para-hydroxylation sites is 1. The third-order valence-corrected chi connectivity index (χ3v) is 2.03. The van der Waals surface area contributed by atoms with E-state index in [1.807, 2.05) is 24.3 Å². The van der Waals surface area contributed by atoms with E-state index in [-0.39, 0.29) is 0 Å². The van der Waals surface area contributed by atoms with Crippen LogP contribution in [0, 0.1) is 0 Å². The van der Waals surface area contributed by atoms with Gasteiger partial charge < -0.3 is 9.17 Å². The van der Waals surface area contributed by atoms with E-state index in [1.54, 1.807) is 6.20 Å². The molecule has 1 aromatic heterocycles. The van der Waals surface area contributed by atoms with Crippen LogP contribution in [-0.4, -0.2) is 13.7 Å². The predicted molar refractivity (Wildman–Crippen MR) is 49.7 cm³/mol. The second-order valence-electron chi connectivity index (χ2n) is 2.50. The van der Waals surface area contributed by atoms with Crippen LogP contribution in [0.15, 0.2) is 30.5 Å². The van der Waals surface area contributed by atoms with Gasteiger partial charge in [-0.05, 0) is 12.1 Å². The predicted octanol–water partition coefficient (Wildman–Crippen LogP) is 1.68. The van der Waals surface area contributed by atoms with Gasteiger partial charge in [0.05, 0.1) is 0 Å². The molecule has 0 aliphatic heterocycles. The van der Waals surface area contributed by atoms with E-state index in [0.29, 0.717) is 5.75 Å². The molecule has 1 unspecified atom stereocenters. The molecule has 13 heavy (non-hydrogen) atoms. The smallest absolute Gasteiger partial charge is 0.357 e. The van der Waals surface area contributed by atoms with Crippen LogP contribution in [0.25, 0.3) is 10.9 Å². The van der Waals surface area contributed by atoms with E-state index in [0.717, 1.165) is 10.9 Å². The molecule has 2 N–H and O–H groups in total.